The average molecular weight is 431 g/mol. The van der Waals surface area contributed by atoms with Crippen LogP contribution < -0.4 is 0 Å². The third-order valence-electron chi connectivity index (χ3n) is 6.26. The van der Waals surface area contributed by atoms with Gasteiger partial charge in [0.2, 0.25) is 0 Å². The molecule has 0 saturated carbocycles. The number of carboxylic acids is 2. The maximum absolute atomic E-state index is 11.1. The Balaban J connectivity index is 4.03. The van der Waals surface area contributed by atoms with Crippen molar-refractivity contribution in [1.82, 2.24) is 0 Å². The molecule has 2 atom stereocenters. The molecular formula is C24H46O6. The first-order chi connectivity index (χ1) is 14.0. The van der Waals surface area contributed by atoms with Crippen LogP contribution in [0.2, 0.25) is 0 Å². The monoisotopic (exact) mass is 430 g/mol. The van der Waals surface area contributed by atoms with E-state index < -0.39 is 22.8 Å². The number of unbranched alkanes of at least 4 members (excludes halogenated alkanes) is 6. The average Bonchev–Trinajstić information content (AvgIpc) is 2.67. The first kappa shape index (κ1) is 28.9. The van der Waals surface area contributed by atoms with Gasteiger partial charge in [-0.25, -0.2) is 0 Å². The van der Waals surface area contributed by atoms with E-state index in [1.165, 1.54) is 0 Å². The Bertz CT molecular complexity index is 442. The summed E-state index contributed by atoms with van der Waals surface area (Å²) in [6.45, 7) is 7.14. The van der Waals surface area contributed by atoms with Gasteiger partial charge in [0.05, 0.1) is 23.0 Å². The van der Waals surface area contributed by atoms with Crippen LogP contribution in [0.5, 0.6) is 0 Å². The molecule has 0 aromatic rings. The largest absolute Gasteiger partial charge is 0.481 e. The van der Waals surface area contributed by atoms with Gasteiger partial charge in [-0.1, -0.05) is 51.4 Å². The lowest BCUT2D eigenvalue weighted by molar-refractivity contribution is -0.148. The first-order valence-corrected chi connectivity index (χ1v) is 11.5. The van der Waals surface area contributed by atoms with Crippen LogP contribution in [0.15, 0.2) is 0 Å². The molecule has 6 nitrogen and oxygen atoms in total. The summed E-state index contributed by atoms with van der Waals surface area (Å²) < 4.78 is 11.4. The SMILES string of the molecule is CO[C@@H](CCCCCCC(C)(C)C(=O)O)[C@@H](CCCCCCC(C)(C)C(=O)O)OC. The van der Waals surface area contributed by atoms with Gasteiger partial charge in [-0.05, 0) is 53.4 Å². The van der Waals surface area contributed by atoms with Crippen LogP contribution in [0.1, 0.15) is 105 Å². The lowest BCUT2D eigenvalue weighted by Crippen LogP contribution is -2.30. The Labute approximate surface area is 183 Å². The van der Waals surface area contributed by atoms with Crippen molar-refractivity contribution >= 4 is 11.9 Å². The number of hydrogen-bond acceptors (Lipinski definition) is 4. The molecule has 0 radical (unpaired) electrons. The highest BCUT2D eigenvalue weighted by Crippen LogP contribution is 2.26. The fourth-order valence-electron chi connectivity index (χ4n) is 3.66. The molecule has 30 heavy (non-hydrogen) atoms. The van der Waals surface area contributed by atoms with Crippen LogP contribution in [0.3, 0.4) is 0 Å². The minimum Gasteiger partial charge on any atom is -0.481 e. The summed E-state index contributed by atoms with van der Waals surface area (Å²) in [4.78, 5) is 22.3. The number of aliphatic carboxylic acids is 2. The molecule has 178 valence electrons. The van der Waals surface area contributed by atoms with Gasteiger partial charge < -0.3 is 19.7 Å². The summed E-state index contributed by atoms with van der Waals surface area (Å²) in [6, 6.07) is 0. The smallest absolute Gasteiger partial charge is 0.309 e. The first-order valence-electron chi connectivity index (χ1n) is 11.5. The minimum atomic E-state index is -0.726. The van der Waals surface area contributed by atoms with Crippen molar-refractivity contribution in [3.8, 4) is 0 Å². The molecule has 0 saturated heterocycles. The molecule has 0 aromatic carbocycles. The Morgan fingerprint density at radius 3 is 1.20 bits per heavy atom. The number of methoxy groups -OCH3 is 2. The molecule has 0 aliphatic rings. The third-order valence-corrected chi connectivity index (χ3v) is 6.26. The van der Waals surface area contributed by atoms with Gasteiger partial charge in [-0.3, -0.25) is 9.59 Å². The van der Waals surface area contributed by atoms with E-state index >= 15 is 0 Å². The van der Waals surface area contributed by atoms with Crippen molar-refractivity contribution in [2.24, 2.45) is 10.8 Å². The molecule has 0 amide bonds. The molecule has 2 N–H and O–H groups in total. The maximum atomic E-state index is 11.1. The quantitative estimate of drug-likeness (QED) is 0.247. The van der Waals surface area contributed by atoms with Crippen LogP contribution >= 0.6 is 0 Å². The summed E-state index contributed by atoms with van der Waals surface area (Å²) in [6.07, 6.45) is 11.7. The highest BCUT2D eigenvalue weighted by Gasteiger charge is 2.27. The van der Waals surface area contributed by atoms with Crippen molar-refractivity contribution in [1.29, 1.82) is 0 Å². The molecule has 0 rings (SSSR count). The molecule has 0 unspecified atom stereocenters. The standard InChI is InChI=1S/C24H46O6/c1-23(2,21(25)26)17-13-9-7-11-15-19(29-5)20(30-6)16-12-8-10-14-18-24(3,4)22(27)28/h19-20H,7-18H2,1-6H3,(H,25,26)(H,27,28)/t19-,20+. The predicted molar refractivity (Wildman–Crippen MR) is 120 cm³/mol. The zero-order chi connectivity index (χ0) is 23.2. The van der Waals surface area contributed by atoms with Crippen molar-refractivity contribution in [2.45, 2.75) is 117 Å². The topological polar surface area (TPSA) is 93.1 Å². The summed E-state index contributed by atoms with van der Waals surface area (Å²) in [7, 11) is 3.47. The second-order valence-electron chi connectivity index (χ2n) is 9.83. The second kappa shape index (κ2) is 14.8. The second-order valence-corrected chi connectivity index (χ2v) is 9.83. The highest BCUT2D eigenvalue weighted by atomic mass is 16.5. The van der Waals surface area contributed by atoms with E-state index in [1.54, 1.807) is 41.9 Å². The van der Waals surface area contributed by atoms with E-state index in [2.05, 4.69) is 0 Å². The third kappa shape index (κ3) is 11.9. The van der Waals surface area contributed by atoms with Crippen molar-refractivity contribution in [3.05, 3.63) is 0 Å². The summed E-state index contributed by atoms with van der Waals surface area (Å²) in [5.41, 5.74) is -1.28. The molecule has 0 aliphatic carbocycles. The minimum absolute atomic E-state index is 0.0800. The van der Waals surface area contributed by atoms with Crippen LogP contribution in [-0.2, 0) is 19.1 Å². The fraction of sp³-hybridized carbons (Fsp3) is 0.917. The van der Waals surface area contributed by atoms with Gasteiger partial charge in [0.15, 0.2) is 0 Å². The van der Waals surface area contributed by atoms with E-state index in [0.29, 0.717) is 12.8 Å². The van der Waals surface area contributed by atoms with E-state index in [4.69, 9.17) is 19.7 Å². The summed E-state index contributed by atoms with van der Waals surface area (Å²) in [5, 5.41) is 18.3. The van der Waals surface area contributed by atoms with Crippen molar-refractivity contribution in [2.75, 3.05) is 14.2 Å². The zero-order valence-corrected chi connectivity index (χ0v) is 20.2. The number of carbonyl (C=O) groups is 2. The molecule has 0 spiro atoms. The van der Waals surface area contributed by atoms with Gasteiger partial charge in [0.1, 0.15) is 0 Å². The van der Waals surface area contributed by atoms with Gasteiger partial charge in [0.25, 0.3) is 0 Å². The number of ether oxygens (including phenoxy) is 2. The molecule has 0 bridgehead atoms. The lowest BCUT2D eigenvalue weighted by atomic mass is 9.87. The normalized spacial score (nSPS) is 14.5. The van der Waals surface area contributed by atoms with Crippen molar-refractivity contribution < 1.29 is 29.3 Å². The van der Waals surface area contributed by atoms with Crippen LogP contribution in [0, 0.1) is 10.8 Å². The maximum Gasteiger partial charge on any atom is 0.309 e. The number of carboxylic acid groups (broad SMARTS) is 2. The van der Waals surface area contributed by atoms with Crippen molar-refractivity contribution in [3.63, 3.8) is 0 Å². The molecule has 0 fully saturated rings. The van der Waals surface area contributed by atoms with Crippen LogP contribution in [-0.4, -0.2) is 48.6 Å². The van der Waals surface area contributed by atoms with Gasteiger partial charge in [0, 0.05) is 14.2 Å². The molecule has 0 heterocycles. The molecular weight excluding hydrogens is 384 g/mol. The number of hydrogen-bond donors (Lipinski definition) is 2. The van der Waals surface area contributed by atoms with E-state index in [0.717, 1.165) is 64.2 Å². The van der Waals surface area contributed by atoms with Crippen LogP contribution in [0.4, 0.5) is 0 Å². The Morgan fingerprint density at radius 1 is 0.633 bits per heavy atom. The van der Waals surface area contributed by atoms with Gasteiger partial charge in [-0.15, -0.1) is 0 Å². The fourth-order valence-corrected chi connectivity index (χ4v) is 3.66. The summed E-state index contributed by atoms with van der Waals surface area (Å²) >= 11 is 0. The molecule has 6 heteroatoms. The Morgan fingerprint density at radius 2 is 0.933 bits per heavy atom. The molecule has 0 aliphatic heterocycles. The van der Waals surface area contributed by atoms with E-state index in [1.807, 2.05) is 0 Å². The number of rotatable bonds is 19. The Hall–Kier alpha value is -1.14. The predicted octanol–water partition coefficient (Wildman–Crippen LogP) is 5.92. The lowest BCUT2D eigenvalue weighted by Gasteiger charge is -2.25. The molecule has 0 aromatic heterocycles. The highest BCUT2D eigenvalue weighted by molar-refractivity contribution is 5.73. The zero-order valence-electron chi connectivity index (χ0n) is 20.2. The Kier molecular flexibility index (Phi) is 14.2. The van der Waals surface area contributed by atoms with Gasteiger partial charge in [-0.2, -0.15) is 0 Å². The summed E-state index contributed by atoms with van der Waals surface area (Å²) in [5.74, 6) is -1.45. The van der Waals surface area contributed by atoms with Gasteiger partial charge >= 0.3 is 11.9 Å². The van der Waals surface area contributed by atoms with E-state index in [9.17, 15) is 9.59 Å². The van der Waals surface area contributed by atoms with Crippen LogP contribution in [0.25, 0.3) is 0 Å². The van der Waals surface area contributed by atoms with E-state index in [-0.39, 0.29) is 12.2 Å².